The molecule has 2 rings (SSSR count). The minimum absolute atomic E-state index is 0.0400. The van der Waals surface area contributed by atoms with Crippen molar-refractivity contribution >= 4 is 44.8 Å². The molecule has 0 saturated carbocycles. The molecule has 24 heavy (non-hydrogen) atoms. The summed E-state index contributed by atoms with van der Waals surface area (Å²) in [5.41, 5.74) is 0.738. The summed E-state index contributed by atoms with van der Waals surface area (Å²) >= 11 is 11.9. The van der Waals surface area contributed by atoms with E-state index >= 15 is 0 Å². The summed E-state index contributed by atoms with van der Waals surface area (Å²) in [5, 5.41) is 0.652. The van der Waals surface area contributed by atoms with Crippen molar-refractivity contribution in [1.29, 1.82) is 0 Å². The Hall–Kier alpha value is -1.76. The molecule has 8 heteroatoms. The second-order valence-electron chi connectivity index (χ2n) is 5.36. The molecule has 0 heterocycles. The smallest absolute Gasteiger partial charge is 0.262 e. The van der Waals surface area contributed by atoms with Crippen LogP contribution in [0.4, 0.5) is 5.69 Å². The number of nitrogens with one attached hydrogen (secondary N) is 1. The number of benzene rings is 2. The predicted molar refractivity (Wildman–Crippen MR) is 96.5 cm³/mol. The third-order valence-electron chi connectivity index (χ3n) is 3.37. The monoisotopic (exact) mass is 386 g/mol. The minimum atomic E-state index is -3.93. The van der Waals surface area contributed by atoms with Crippen molar-refractivity contribution in [3.63, 3.8) is 0 Å². The molecular weight excluding hydrogens is 371 g/mol. The standard InChI is InChI=1S/C16H16Cl2N2O3S/c1-10-13(18)5-4-6-15(10)24(22,23)19-14-9-11(17)7-8-12(14)16(21)20(2)3/h4-9,19H,1-3H3. The summed E-state index contributed by atoms with van der Waals surface area (Å²) in [6, 6.07) is 9.01. The number of carbonyl (C=O) groups is 1. The maximum absolute atomic E-state index is 12.7. The summed E-state index contributed by atoms with van der Waals surface area (Å²) in [6.07, 6.45) is 0. The lowest BCUT2D eigenvalue weighted by atomic mass is 10.1. The Kier molecular flexibility index (Phi) is 5.42. The van der Waals surface area contributed by atoms with Crippen molar-refractivity contribution in [3.8, 4) is 0 Å². The van der Waals surface area contributed by atoms with Gasteiger partial charge in [-0.2, -0.15) is 0 Å². The van der Waals surface area contributed by atoms with E-state index in [0.717, 1.165) is 0 Å². The van der Waals surface area contributed by atoms with Gasteiger partial charge in [-0.15, -0.1) is 0 Å². The number of hydrogen-bond donors (Lipinski definition) is 1. The maximum atomic E-state index is 12.7. The van der Waals surface area contributed by atoms with Crippen LogP contribution in [0.3, 0.4) is 0 Å². The first-order valence-electron chi connectivity index (χ1n) is 6.92. The fraction of sp³-hybridized carbons (Fsp3) is 0.188. The molecular formula is C16H16Cl2N2O3S. The van der Waals surface area contributed by atoms with Crippen LogP contribution >= 0.6 is 23.2 Å². The first-order chi connectivity index (χ1) is 11.1. The van der Waals surface area contributed by atoms with E-state index in [1.165, 1.54) is 29.2 Å². The zero-order valence-electron chi connectivity index (χ0n) is 13.3. The highest BCUT2D eigenvalue weighted by Crippen LogP contribution is 2.28. The van der Waals surface area contributed by atoms with Crippen LogP contribution in [0.15, 0.2) is 41.3 Å². The SMILES string of the molecule is Cc1c(Cl)cccc1S(=O)(=O)Nc1cc(Cl)ccc1C(=O)N(C)C. The first kappa shape index (κ1) is 18.6. The fourth-order valence-corrected chi connectivity index (χ4v) is 3.85. The predicted octanol–water partition coefficient (Wildman–Crippen LogP) is 3.80. The molecule has 0 atom stereocenters. The van der Waals surface area contributed by atoms with E-state index in [1.54, 1.807) is 33.2 Å². The van der Waals surface area contributed by atoms with E-state index in [1.807, 2.05) is 0 Å². The van der Waals surface area contributed by atoms with Crippen LogP contribution in [-0.4, -0.2) is 33.3 Å². The van der Waals surface area contributed by atoms with Crippen LogP contribution < -0.4 is 4.72 Å². The number of amides is 1. The van der Waals surface area contributed by atoms with Crippen LogP contribution in [0.1, 0.15) is 15.9 Å². The van der Waals surface area contributed by atoms with Gasteiger partial charge in [-0.25, -0.2) is 8.42 Å². The van der Waals surface area contributed by atoms with E-state index in [4.69, 9.17) is 23.2 Å². The molecule has 0 radical (unpaired) electrons. The fourth-order valence-electron chi connectivity index (χ4n) is 2.11. The van der Waals surface area contributed by atoms with Crippen molar-refractivity contribution in [2.75, 3.05) is 18.8 Å². The average Bonchev–Trinajstić information content (AvgIpc) is 2.49. The van der Waals surface area contributed by atoms with E-state index in [0.29, 0.717) is 15.6 Å². The Labute approximate surface area is 151 Å². The third-order valence-corrected chi connectivity index (χ3v) is 5.52. The Bertz CT molecular complexity index is 896. The highest BCUT2D eigenvalue weighted by molar-refractivity contribution is 7.92. The lowest BCUT2D eigenvalue weighted by molar-refractivity contribution is 0.0828. The summed E-state index contributed by atoms with van der Waals surface area (Å²) < 4.78 is 27.8. The first-order valence-corrected chi connectivity index (χ1v) is 9.16. The largest absolute Gasteiger partial charge is 0.345 e. The molecule has 128 valence electrons. The number of sulfonamides is 1. The van der Waals surface area contributed by atoms with Crippen LogP contribution in [0.2, 0.25) is 10.0 Å². The third kappa shape index (κ3) is 3.83. The van der Waals surface area contributed by atoms with E-state index < -0.39 is 10.0 Å². The van der Waals surface area contributed by atoms with Gasteiger partial charge < -0.3 is 4.90 Å². The summed E-state index contributed by atoms with van der Waals surface area (Å²) in [7, 11) is -0.769. The van der Waals surface area contributed by atoms with Gasteiger partial charge in [0.2, 0.25) is 0 Å². The van der Waals surface area contributed by atoms with Crippen LogP contribution in [-0.2, 0) is 10.0 Å². The highest BCUT2D eigenvalue weighted by Gasteiger charge is 2.22. The van der Waals surface area contributed by atoms with E-state index in [-0.39, 0.29) is 22.1 Å². The van der Waals surface area contributed by atoms with Crippen molar-refractivity contribution in [1.82, 2.24) is 4.90 Å². The Morgan fingerprint density at radius 3 is 2.42 bits per heavy atom. The van der Waals surface area contributed by atoms with Crippen molar-refractivity contribution < 1.29 is 13.2 Å². The lowest BCUT2D eigenvalue weighted by Gasteiger charge is -2.17. The molecule has 2 aromatic rings. The molecule has 0 fully saturated rings. The minimum Gasteiger partial charge on any atom is -0.345 e. The molecule has 0 unspecified atom stereocenters. The quantitative estimate of drug-likeness (QED) is 0.868. The molecule has 1 N–H and O–H groups in total. The summed E-state index contributed by atoms with van der Waals surface area (Å²) in [6.45, 7) is 1.61. The van der Waals surface area contributed by atoms with Crippen LogP contribution in [0.5, 0.6) is 0 Å². The highest BCUT2D eigenvalue weighted by atomic mass is 35.5. The summed E-state index contributed by atoms with van der Waals surface area (Å²) in [5.74, 6) is -0.341. The Balaban J connectivity index is 2.52. The van der Waals surface area contributed by atoms with Gasteiger partial charge in [-0.1, -0.05) is 29.3 Å². The van der Waals surface area contributed by atoms with Gasteiger partial charge in [-0.3, -0.25) is 9.52 Å². The average molecular weight is 387 g/mol. The molecule has 0 aliphatic rings. The van der Waals surface area contributed by atoms with Crippen molar-refractivity contribution in [3.05, 3.63) is 57.6 Å². The van der Waals surface area contributed by atoms with Gasteiger partial charge in [0.15, 0.2) is 0 Å². The molecule has 1 amide bonds. The van der Waals surface area contributed by atoms with Gasteiger partial charge >= 0.3 is 0 Å². The molecule has 0 bridgehead atoms. The number of halogens is 2. The zero-order valence-corrected chi connectivity index (χ0v) is 15.6. The van der Waals surface area contributed by atoms with Gasteiger partial charge in [0.1, 0.15) is 0 Å². The van der Waals surface area contributed by atoms with Crippen molar-refractivity contribution in [2.24, 2.45) is 0 Å². The van der Waals surface area contributed by atoms with Gasteiger partial charge in [0.05, 0.1) is 16.1 Å². The summed E-state index contributed by atoms with van der Waals surface area (Å²) in [4.78, 5) is 13.6. The van der Waals surface area contributed by atoms with Crippen molar-refractivity contribution in [2.45, 2.75) is 11.8 Å². The Morgan fingerprint density at radius 2 is 1.79 bits per heavy atom. The maximum Gasteiger partial charge on any atom is 0.262 e. The topological polar surface area (TPSA) is 66.5 Å². The molecule has 0 spiro atoms. The second kappa shape index (κ2) is 7.01. The number of hydrogen-bond acceptors (Lipinski definition) is 3. The number of rotatable bonds is 4. The molecule has 0 aliphatic heterocycles. The number of anilines is 1. The zero-order chi connectivity index (χ0) is 18.1. The van der Waals surface area contributed by atoms with Crippen LogP contribution in [0.25, 0.3) is 0 Å². The van der Waals surface area contributed by atoms with Gasteiger partial charge in [0.25, 0.3) is 15.9 Å². The van der Waals surface area contributed by atoms with Gasteiger partial charge in [-0.05, 0) is 42.8 Å². The van der Waals surface area contributed by atoms with Gasteiger partial charge in [0, 0.05) is 24.1 Å². The van der Waals surface area contributed by atoms with E-state index in [2.05, 4.69) is 4.72 Å². The second-order valence-corrected chi connectivity index (χ2v) is 7.85. The number of carbonyl (C=O) groups excluding carboxylic acids is 1. The Morgan fingerprint density at radius 1 is 1.12 bits per heavy atom. The lowest BCUT2D eigenvalue weighted by Crippen LogP contribution is -2.24. The molecule has 0 aliphatic carbocycles. The molecule has 0 aromatic heterocycles. The normalized spacial score (nSPS) is 11.2. The van der Waals surface area contributed by atoms with E-state index in [9.17, 15) is 13.2 Å². The number of nitrogens with zero attached hydrogens (tertiary/aromatic N) is 1. The molecule has 5 nitrogen and oxygen atoms in total. The van der Waals surface area contributed by atoms with Crippen LogP contribution in [0, 0.1) is 6.92 Å². The molecule has 0 saturated heterocycles. The molecule has 2 aromatic carbocycles.